The van der Waals surface area contributed by atoms with Gasteiger partial charge in [-0.25, -0.2) is 4.39 Å². The number of Topliss-reactive ketones (excluding diaryl/α,β-unsaturated/α-hetero) is 1. The zero-order chi connectivity index (χ0) is 13.3. The average Bonchev–Trinajstić information content (AvgIpc) is 2.83. The molecule has 6 heteroatoms. The van der Waals surface area contributed by atoms with Crippen molar-refractivity contribution in [3.05, 3.63) is 33.0 Å². The Bertz CT molecular complexity index is 483. The highest BCUT2D eigenvalue weighted by Crippen LogP contribution is 2.30. The fourth-order valence-corrected chi connectivity index (χ4v) is 2.48. The first-order chi connectivity index (χ1) is 8.56. The summed E-state index contributed by atoms with van der Waals surface area (Å²) >= 11 is 8.90. The van der Waals surface area contributed by atoms with Gasteiger partial charge in [0.25, 0.3) is 0 Å². The summed E-state index contributed by atoms with van der Waals surface area (Å²) in [4.78, 5) is 12.3. The summed E-state index contributed by atoms with van der Waals surface area (Å²) in [6.45, 7) is 0.760. The summed E-state index contributed by atoms with van der Waals surface area (Å²) in [5.74, 6) is -1.33. The molecule has 0 spiro atoms. The van der Waals surface area contributed by atoms with E-state index in [0.717, 1.165) is 0 Å². The number of nitrogens with one attached hydrogen (secondary N) is 1. The highest BCUT2D eigenvalue weighted by Gasteiger charge is 2.35. The van der Waals surface area contributed by atoms with Gasteiger partial charge in [0.15, 0.2) is 11.6 Å². The van der Waals surface area contributed by atoms with Crippen molar-refractivity contribution in [2.75, 3.05) is 20.3 Å². The normalized spacial score (nSPS) is 23.3. The van der Waals surface area contributed by atoms with E-state index in [4.69, 9.17) is 16.3 Å². The SMILES string of the molecule is CNC1COCC1C(=O)c1ccc(Br)c(Cl)c1F. The van der Waals surface area contributed by atoms with Crippen LogP contribution in [0.1, 0.15) is 10.4 Å². The molecule has 0 bridgehead atoms. The Morgan fingerprint density at radius 3 is 2.94 bits per heavy atom. The van der Waals surface area contributed by atoms with Gasteiger partial charge >= 0.3 is 0 Å². The molecule has 0 aliphatic carbocycles. The lowest BCUT2D eigenvalue weighted by atomic mass is 9.93. The molecular formula is C12H12BrClFNO2. The number of carbonyl (C=O) groups excluding carboxylic acids is 1. The number of rotatable bonds is 3. The van der Waals surface area contributed by atoms with Crippen molar-refractivity contribution in [2.45, 2.75) is 6.04 Å². The minimum atomic E-state index is -0.683. The maximum Gasteiger partial charge on any atom is 0.172 e. The first-order valence-corrected chi connectivity index (χ1v) is 6.66. The summed E-state index contributed by atoms with van der Waals surface area (Å²) < 4.78 is 19.6. The molecule has 1 fully saturated rings. The van der Waals surface area contributed by atoms with Crippen LogP contribution in [0.4, 0.5) is 4.39 Å². The molecule has 3 nitrogen and oxygen atoms in total. The Balaban J connectivity index is 2.32. The van der Waals surface area contributed by atoms with E-state index in [-0.39, 0.29) is 28.3 Å². The molecule has 2 unspecified atom stereocenters. The van der Waals surface area contributed by atoms with Gasteiger partial charge in [-0.1, -0.05) is 11.6 Å². The van der Waals surface area contributed by atoms with Crippen molar-refractivity contribution < 1.29 is 13.9 Å². The van der Waals surface area contributed by atoms with Gasteiger partial charge < -0.3 is 10.1 Å². The Morgan fingerprint density at radius 2 is 2.28 bits per heavy atom. The Kier molecular flexibility index (Phi) is 4.37. The minimum absolute atomic E-state index is 0.0129. The van der Waals surface area contributed by atoms with Gasteiger partial charge in [0.2, 0.25) is 0 Å². The van der Waals surface area contributed by atoms with Gasteiger partial charge in [0.1, 0.15) is 0 Å². The van der Waals surface area contributed by atoms with E-state index in [9.17, 15) is 9.18 Å². The highest BCUT2D eigenvalue weighted by molar-refractivity contribution is 9.10. The van der Waals surface area contributed by atoms with Gasteiger partial charge in [-0.05, 0) is 35.1 Å². The number of likely N-dealkylation sites (N-methyl/N-ethyl adjacent to an activating group) is 1. The molecule has 1 N–H and O–H groups in total. The third kappa shape index (κ3) is 2.45. The summed E-state index contributed by atoms with van der Waals surface area (Å²) in [7, 11) is 1.75. The summed E-state index contributed by atoms with van der Waals surface area (Å²) in [5.41, 5.74) is 0.0129. The summed E-state index contributed by atoms with van der Waals surface area (Å²) in [6.07, 6.45) is 0. The lowest BCUT2D eigenvalue weighted by molar-refractivity contribution is 0.0888. The smallest absolute Gasteiger partial charge is 0.172 e. The third-order valence-corrected chi connectivity index (χ3v) is 4.35. The molecule has 1 saturated heterocycles. The number of hydrogen-bond donors (Lipinski definition) is 1. The van der Waals surface area contributed by atoms with Gasteiger partial charge in [0.05, 0.1) is 29.7 Å². The van der Waals surface area contributed by atoms with Crippen LogP contribution in [0.2, 0.25) is 5.02 Å². The van der Waals surface area contributed by atoms with E-state index in [1.54, 1.807) is 13.1 Å². The molecule has 1 aliphatic rings. The minimum Gasteiger partial charge on any atom is -0.379 e. The van der Waals surface area contributed by atoms with Crippen molar-refractivity contribution in [1.82, 2.24) is 5.32 Å². The van der Waals surface area contributed by atoms with Crippen molar-refractivity contribution in [2.24, 2.45) is 5.92 Å². The molecule has 1 aliphatic heterocycles. The van der Waals surface area contributed by atoms with Gasteiger partial charge in [0, 0.05) is 10.5 Å². The molecular weight excluding hydrogens is 324 g/mol. The molecule has 2 rings (SSSR count). The molecule has 0 amide bonds. The Labute approximate surface area is 118 Å². The van der Waals surface area contributed by atoms with Gasteiger partial charge in [-0.15, -0.1) is 0 Å². The van der Waals surface area contributed by atoms with Crippen molar-refractivity contribution in [3.63, 3.8) is 0 Å². The van der Waals surface area contributed by atoms with Crippen LogP contribution in [0.15, 0.2) is 16.6 Å². The Morgan fingerprint density at radius 1 is 1.56 bits per heavy atom. The fraction of sp³-hybridized carbons (Fsp3) is 0.417. The standard InChI is InChI=1S/C12H12BrClFNO2/c1-16-9-5-18-4-7(9)12(17)6-2-3-8(13)10(14)11(6)15/h2-3,7,9,16H,4-5H2,1H3. The highest BCUT2D eigenvalue weighted by atomic mass is 79.9. The van der Waals surface area contributed by atoms with Crippen LogP contribution in [0.3, 0.4) is 0 Å². The zero-order valence-corrected chi connectivity index (χ0v) is 12.0. The molecule has 0 radical (unpaired) electrons. The maximum atomic E-state index is 14.0. The number of hydrogen-bond acceptors (Lipinski definition) is 3. The van der Waals surface area contributed by atoms with E-state index in [2.05, 4.69) is 21.2 Å². The molecule has 0 saturated carbocycles. The molecule has 0 aromatic heterocycles. The molecule has 98 valence electrons. The lowest BCUT2D eigenvalue weighted by Gasteiger charge is -2.16. The monoisotopic (exact) mass is 335 g/mol. The Hall–Kier alpha value is -0.490. The average molecular weight is 337 g/mol. The van der Waals surface area contributed by atoms with E-state index >= 15 is 0 Å². The van der Waals surface area contributed by atoms with Crippen LogP contribution in [-0.2, 0) is 4.74 Å². The number of benzene rings is 1. The quantitative estimate of drug-likeness (QED) is 0.681. The second kappa shape index (κ2) is 5.65. The number of ketones is 1. The largest absolute Gasteiger partial charge is 0.379 e. The first kappa shape index (κ1) is 13.9. The topological polar surface area (TPSA) is 38.3 Å². The van der Waals surface area contributed by atoms with Crippen LogP contribution in [0, 0.1) is 11.7 Å². The summed E-state index contributed by atoms with van der Waals surface area (Å²) in [6, 6.07) is 2.93. The van der Waals surface area contributed by atoms with Gasteiger partial charge in [-0.2, -0.15) is 0 Å². The molecule has 1 aromatic rings. The van der Waals surface area contributed by atoms with Crippen LogP contribution >= 0.6 is 27.5 Å². The lowest BCUT2D eigenvalue weighted by Crippen LogP contribution is -2.37. The molecule has 2 atom stereocenters. The van der Waals surface area contributed by atoms with E-state index in [1.165, 1.54) is 6.07 Å². The molecule has 18 heavy (non-hydrogen) atoms. The molecule has 1 aromatic carbocycles. The van der Waals surface area contributed by atoms with Crippen LogP contribution in [-0.4, -0.2) is 32.1 Å². The second-order valence-corrected chi connectivity index (χ2v) is 5.36. The van der Waals surface area contributed by atoms with E-state index in [0.29, 0.717) is 17.7 Å². The second-order valence-electron chi connectivity index (χ2n) is 4.13. The van der Waals surface area contributed by atoms with E-state index < -0.39 is 5.82 Å². The van der Waals surface area contributed by atoms with E-state index in [1.807, 2.05) is 0 Å². The predicted molar refractivity (Wildman–Crippen MR) is 70.6 cm³/mol. The van der Waals surface area contributed by atoms with Crippen LogP contribution in [0.25, 0.3) is 0 Å². The third-order valence-electron chi connectivity index (χ3n) is 3.09. The fourth-order valence-electron chi connectivity index (χ4n) is 2.01. The number of carbonyl (C=O) groups is 1. The zero-order valence-electron chi connectivity index (χ0n) is 9.67. The van der Waals surface area contributed by atoms with Crippen molar-refractivity contribution in [1.29, 1.82) is 0 Å². The van der Waals surface area contributed by atoms with Crippen molar-refractivity contribution in [3.8, 4) is 0 Å². The first-order valence-electron chi connectivity index (χ1n) is 5.49. The maximum absolute atomic E-state index is 14.0. The molecule has 1 heterocycles. The summed E-state index contributed by atoms with van der Waals surface area (Å²) in [5, 5.41) is 2.93. The van der Waals surface area contributed by atoms with Crippen LogP contribution < -0.4 is 5.32 Å². The van der Waals surface area contributed by atoms with Gasteiger partial charge in [-0.3, -0.25) is 4.79 Å². The van der Waals surface area contributed by atoms with Crippen molar-refractivity contribution >= 4 is 33.3 Å². The number of ether oxygens (including phenoxy) is 1. The predicted octanol–water partition coefficient (Wildman–Crippen LogP) is 2.66. The number of halogens is 3. The van der Waals surface area contributed by atoms with Crippen LogP contribution in [0.5, 0.6) is 0 Å².